The highest BCUT2D eigenvalue weighted by Crippen LogP contribution is 2.29. The number of hydrogen-bond donors (Lipinski definition) is 3. The number of aryl methyl sites for hydroxylation is 1. The molecule has 0 aliphatic heterocycles. The van der Waals surface area contributed by atoms with Crippen molar-refractivity contribution < 1.29 is 22.8 Å². The molecule has 0 saturated carbocycles. The molecule has 8 heteroatoms. The van der Waals surface area contributed by atoms with Crippen molar-refractivity contribution >= 4 is 11.8 Å². The van der Waals surface area contributed by atoms with Crippen molar-refractivity contribution in [2.45, 2.75) is 44.6 Å². The fraction of sp³-hybridized carbons (Fsp3) is 0.333. The van der Waals surface area contributed by atoms with Gasteiger partial charge in [-0.15, -0.1) is 0 Å². The first-order chi connectivity index (χ1) is 13.7. The van der Waals surface area contributed by atoms with Gasteiger partial charge in [0.15, 0.2) is 0 Å². The van der Waals surface area contributed by atoms with Crippen molar-refractivity contribution in [3.05, 3.63) is 71.3 Å². The van der Waals surface area contributed by atoms with Gasteiger partial charge in [-0.3, -0.25) is 9.59 Å². The third-order valence-electron chi connectivity index (χ3n) is 4.37. The molecule has 0 heterocycles. The van der Waals surface area contributed by atoms with Gasteiger partial charge in [-0.2, -0.15) is 13.2 Å². The van der Waals surface area contributed by atoms with Crippen LogP contribution in [0.2, 0.25) is 0 Å². The molecule has 0 spiro atoms. The van der Waals surface area contributed by atoms with E-state index in [4.69, 9.17) is 5.73 Å². The molecule has 2 atom stereocenters. The number of alkyl halides is 3. The molecule has 0 saturated heterocycles. The Hall–Kier alpha value is -2.87. The quantitative estimate of drug-likeness (QED) is 0.630. The third-order valence-corrected chi connectivity index (χ3v) is 4.37. The van der Waals surface area contributed by atoms with Crippen LogP contribution in [0.5, 0.6) is 0 Å². The van der Waals surface area contributed by atoms with E-state index in [1.165, 1.54) is 12.1 Å². The zero-order valence-electron chi connectivity index (χ0n) is 15.9. The SMILES string of the molecule is C[C@H](NC(=O)[C@H](N)CCc1ccc(C(F)(F)F)cc1)C(=O)NCc1cc[c]cc1. The predicted octanol–water partition coefficient (Wildman–Crippen LogP) is 2.59. The summed E-state index contributed by atoms with van der Waals surface area (Å²) in [5.74, 6) is -0.838. The number of hydrogen-bond acceptors (Lipinski definition) is 3. The monoisotopic (exact) mass is 406 g/mol. The molecule has 0 bridgehead atoms. The third kappa shape index (κ3) is 7.23. The highest BCUT2D eigenvalue weighted by atomic mass is 19.4. The second-order valence-electron chi connectivity index (χ2n) is 6.70. The summed E-state index contributed by atoms with van der Waals surface area (Å²) in [5.41, 5.74) is 6.68. The lowest BCUT2D eigenvalue weighted by molar-refractivity contribution is -0.137. The van der Waals surface area contributed by atoms with Crippen LogP contribution in [-0.2, 0) is 28.7 Å². The molecule has 29 heavy (non-hydrogen) atoms. The van der Waals surface area contributed by atoms with Crippen molar-refractivity contribution in [2.24, 2.45) is 5.73 Å². The molecule has 2 rings (SSSR count). The highest BCUT2D eigenvalue weighted by Gasteiger charge is 2.30. The van der Waals surface area contributed by atoms with Crippen LogP contribution in [0.1, 0.15) is 30.0 Å². The Labute approximate surface area is 167 Å². The Morgan fingerprint density at radius 3 is 2.24 bits per heavy atom. The summed E-state index contributed by atoms with van der Waals surface area (Å²) in [7, 11) is 0. The first kappa shape index (κ1) is 22.4. The summed E-state index contributed by atoms with van der Waals surface area (Å²) in [6.45, 7) is 1.88. The van der Waals surface area contributed by atoms with Crippen molar-refractivity contribution in [3.8, 4) is 0 Å². The number of halogens is 3. The normalized spacial score (nSPS) is 13.4. The summed E-state index contributed by atoms with van der Waals surface area (Å²) in [5, 5.41) is 5.27. The Morgan fingerprint density at radius 2 is 1.66 bits per heavy atom. The first-order valence-electron chi connectivity index (χ1n) is 9.11. The van der Waals surface area contributed by atoms with E-state index in [0.717, 1.165) is 17.7 Å². The second-order valence-corrected chi connectivity index (χ2v) is 6.70. The molecule has 0 unspecified atom stereocenters. The largest absolute Gasteiger partial charge is 0.416 e. The van der Waals surface area contributed by atoms with E-state index in [9.17, 15) is 22.8 Å². The summed E-state index contributed by atoms with van der Waals surface area (Å²) in [6, 6.07) is 13.1. The number of carbonyl (C=O) groups excluding carboxylic acids is 2. The fourth-order valence-corrected chi connectivity index (χ4v) is 2.58. The minimum Gasteiger partial charge on any atom is -0.350 e. The average Bonchev–Trinajstić information content (AvgIpc) is 2.70. The number of amides is 2. The molecule has 2 aromatic carbocycles. The average molecular weight is 406 g/mol. The number of nitrogens with one attached hydrogen (secondary N) is 2. The maximum absolute atomic E-state index is 12.6. The fourth-order valence-electron chi connectivity index (χ4n) is 2.58. The second kappa shape index (κ2) is 10.1. The summed E-state index contributed by atoms with van der Waals surface area (Å²) in [4.78, 5) is 24.3. The Kier molecular flexibility index (Phi) is 7.78. The molecule has 0 fully saturated rings. The van der Waals surface area contributed by atoms with Gasteiger partial charge in [-0.25, -0.2) is 0 Å². The van der Waals surface area contributed by atoms with Crippen molar-refractivity contribution in [2.75, 3.05) is 0 Å². The van der Waals surface area contributed by atoms with Crippen molar-refractivity contribution in [3.63, 3.8) is 0 Å². The Bertz CT molecular complexity index is 808. The van der Waals surface area contributed by atoms with Crippen LogP contribution < -0.4 is 16.4 Å². The lowest BCUT2D eigenvalue weighted by atomic mass is 10.0. The van der Waals surface area contributed by atoms with Gasteiger partial charge >= 0.3 is 6.18 Å². The van der Waals surface area contributed by atoms with E-state index in [1.54, 1.807) is 19.1 Å². The summed E-state index contributed by atoms with van der Waals surface area (Å²) in [6.07, 6.45) is -3.80. The standard InChI is InChI=1S/C21H23F3N3O2/c1-14(19(28)26-13-16-5-3-2-4-6-16)27-20(29)18(25)12-9-15-7-10-17(11-8-15)21(22,23)24/h3-8,10-11,14,18H,9,12-13,25H2,1H3,(H,26,28)(H,27,29)/t14-,18+/m0/s1. The van der Waals surface area contributed by atoms with E-state index in [2.05, 4.69) is 16.7 Å². The van der Waals surface area contributed by atoms with Crippen LogP contribution in [0.3, 0.4) is 0 Å². The van der Waals surface area contributed by atoms with Gasteiger partial charge in [0.05, 0.1) is 11.6 Å². The first-order valence-corrected chi connectivity index (χ1v) is 9.11. The van der Waals surface area contributed by atoms with Crippen LogP contribution in [0, 0.1) is 6.07 Å². The van der Waals surface area contributed by atoms with E-state index in [-0.39, 0.29) is 12.3 Å². The number of nitrogens with two attached hydrogens (primary N) is 1. The predicted molar refractivity (Wildman–Crippen MR) is 102 cm³/mol. The number of benzene rings is 2. The number of rotatable bonds is 8. The van der Waals surface area contributed by atoms with Gasteiger partial charge < -0.3 is 16.4 Å². The van der Waals surface area contributed by atoms with Crippen molar-refractivity contribution in [1.29, 1.82) is 0 Å². The summed E-state index contributed by atoms with van der Waals surface area (Å²) >= 11 is 0. The molecule has 155 valence electrons. The molecule has 5 nitrogen and oxygen atoms in total. The van der Waals surface area contributed by atoms with Gasteiger partial charge in [0, 0.05) is 6.54 Å². The smallest absolute Gasteiger partial charge is 0.350 e. The van der Waals surface area contributed by atoms with Crippen LogP contribution >= 0.6 is 0 Å². The van der Waals surface area contributed by atoms with E-state index < -0.39 is 29.7 Å². The van der Waals surface area contributed by atoms with E-state index in [0.29, 0.717) is 18.5 Å². The van der Waals surface area contributed by atoms with Crippen LogP contribution in [-0.4, -0.2) is 23.9 Å². The van der Waals surface area contributed by atoms with Crippen molar-refractivity contribution in [1.82, 2.24) is 10.6 Å². The van der Waals surface area contributed by atoms with Crippen LogP contribution in [0.15, 0.2) is 48.5 Å². The summed E-state index contributed by atoms with van der Waals surface area (Å²) < 4.78 is 37.7. The maximum atomic E-state index is 12.6. The van der Waals surface area contributed by atoms with Gasteiger partial charge in [0.1, 0.15) is 6.04 Å². The van der Waals surface area contributed by atoms with E-state index >= 15 is 0 Å². The minimum atomic E-state index is -4.38. The van der Waals surface area contributed by atoms with Gasteiger partial charge in [-0.1, -0.05) is 36.4 Å². The molecule has 0 aromatic heterocycles. The minimum absolute atomic E-state index is 0.242. The number of carbonyl (C=O) groups is 2. The lowest BCUT2D eigenvalue weighted by Gasteiger charge is -2.17. The molecule has 0 aliphatic rings. The topological polar surface area (TPSA) is 84.2 Å². The Balaban J connectivity index is 1.76. The zero-order valence-corrected chi connectivity index (χ0v) is 15.9. The van der Waals surface area contributed by atoms with Gasteiger partial charge in [-0.05, 0) is 49.1 Å². The molecule has 1 radical (unpaired) electrons. The highest BCUT2D eigenvalue weighted by molar-refractivity contribution is 5.89. The molecule has 2 aromatic rings. The maximum Gasteiger partial charge on any atom is 0.416 e. The zero-order chi connectivity index (χ0) is 21.4. The lowest BCUT2D eigenvalue weighted by Crippen LogP contribution is -2.50. The Morgan fingerprint density at radius 1 is 1.03 bits per heavy atom. The molecule has 0 aliphatic carbocycles. The molecule has 2 amide bonds. The van der Waals surface area contributed by atoms with Gasteiger partial charge in [0.25, 0.3) is 0 Å². The van der Waals surface area contributed by atoms with Crippen LogP contribution in [0.4, 0.5) is 13.2 Å². The van der Waals surface area contributed by atoms with E-state index in [1.807, 2.05) is 12.1 Å². The molecule has 4 N–H and O–H groups in total. The molecular weight excluding hydrogens is 383 g/mol. The van der Waals surface area contributed by atoms with Gasteiger partial charge in [0.2, 0.25) is 11.8 Å². The molecular formula is C21H23F3N3O2. The van der Waals surface area contributed by atoms with Crippen LogP contribution in [0.25, 0.3) is 0 Å².